The molecule has 0 bridgehead atoms. The maximum atomic E-state index is 12.4. The number of hydrogen-bond donors (Lipinski definition) is 3. The molecule has 0 aromatic heterocycles. The van der Waals surface area contributed by atoms with Crippen LogP contribution in [-0.4, -0.2) is 38.6 Å². The zero-order valence-electron chi connectivity index (χ0n) is 13.5. The van der Waals surface area contributed by atoms with Crippen LogP contribution in [0.4, 0.5) is 0 Å². The molecule has 0 spiro atoms. The second-order valence-corrected chi connectivity index (χ2v) is 7.31. The van der Waals surface area contributed by atoms with Gasteiger partial charge in [0.25, 0.3) is 0 Å². The van der Waals surface area contributed by atoms with Crippen LogP contribution in [0.15, 0.2) is 35.7 Å². The van der Waals surface area contributed by atoms with Crippen LogP contribution in [0.5, 0.6) is 0 Å². The van der Waals surface area contributed by atoms with Crippen LogP contribution in [-0.2, 0) is 14.8 Å². The van der Waals surface area contributed by atoms with Crippen LogP contribution in [0.3, 0.4) is 0 Å². The standard InChI is InChI=1S/C16H24N2O4S/c1-4-13-5-7-14(8-6-13)23(21,22)18-15(11-12(2)3)16(20)17-9-10-19/h4-8,12,15,18-19H,1,9-11H2,2-3H3,(H,17,20)/t15-/m0/s1. The molecule has 0 heterocycles. The Bertz CT molecular complexity index is 624. The number of benzene rings is 1. The summed E-state index contributed by atoms with van der Waals surface area (Å²) in [6.07, 6.45) is 1.98. The summed E-state index contributed by atoms with van der Waals surface area (Å²) >= 11 is 0. The van der Waals surface area contributed by atoms with Gasteiger partial charge >= 0.3 is 0 Å². The molecule has 3 N–H and O–H groups in total. The van der Waals surface area contributed by atoms with Gasteiger partial charge in [0.2, 0.25) is 15.9 Å². The van der Waals surface area contributed by atoms with E-state index >= 15 is 0 Å². The maximum absolute atomic E-state index is 12.4. The third-order valence-electron chi connectivity index (χ3n) is 3.16. The Balaban J connectivity index is 2.94. The summed E-state index contributed by atoms with van der Waals surface area (Å²) in [5.74, 6) is -0.315. The predicted octanol–water partition coefficient (Wildman–Crippen LogP) is 1.13. The number of sulfonamides is 1. The van der Waals surface area contributed by atoms with E-state index in [-0.39, 0.29) is 24.0 Å². The minimum atomic E-state index is -3.81. The Morgan fingerprint density at radius 1 is 1.30 bits per heavy atom. The zero-order chi connectivity index (χ0) is 17.5. The molecule has 1 aromatic rings. The molecule has 0 radical (unpaired) electrons. The van der Waals surface area contributed by atoms with Crippen LogP contribution < -0.4 is 10.0 Å². The van der Waals surface area contributed by atoms with E-state index < -0.39 is 22.0 Å². The van der Waals surface area contributed by atoms with E-state index in [1.807, 2.05) is 13.8 Å². The molecule has 0 saturated heterocycles. The molecule has 0 aliphatic rings. The van der Waals surface area contributed by atoms with E-state index in [1.165, 1.54) is 12.1 Å². The Hall–Kier alpha value is -1.70. The lowest BCUT2D eigenvalue weighted by molar-refractivity contribution is -0.123. The minimum absolute atomic E-state index is 0.0865. The third-order valence-corrected chi connectivity index (χ3v) is 4.65. The monoisotopic (exact) mass is 340 g/mol. The minimum Gasteiger partial charge on any atom is -0.395 e. The van der Waals surface area contributed by atoms with Crippen LogP contribution in [0.25, 0.3) is 6.08 Å². The number of carbonyl (C=O) groups excluding carboxylic acids is 1. The van der Waals surface area contributed by atoms with Crippen molar-refractivity contribution in [3.8, 4) is 0 Å². The first-order chi connectivity index (χ1) is 10.8. The molecule has 23 heavy (non-hydrogen) atoms. The Kier molecular flexibility index (Phi) is 7.41. The Morgan fingerprint density at radius 3 is 2.39 bits per heavy atom. The van der Waals surface area contributed by atoms with Gasteiger partial charge in [-0.15, -0.1) is 0 Å². The molecule has 1 rings (SSSR count). The molecule has 1 aromatic carbocycles. The van der Waals surface area contributed by atoms with Gasteiger partial charge in [-0.05, 0) is 30.0 Å². The molecular formula is C16H24N2O4S. The van der Waals surface area contributed by atoms with Gasteiger partial charge in [-0.3, -0.25) is 4.79 Å². The Labute approximate surface area is 137 Å². The molecular weight excluding hydrogens is 316 g/mol. The van der Waals surface area contributed by atoms with Crippen LogP contribution in [0.2, 0.25) is 0 Å². The van der Waals surface area contributed by atoms with E-state index in [9.17, 15) is 13.2 Å². The van der Waals surface area contributed by atoms with Crippen molar-refractivity contribution in [1.29, 1.82) is 0 Å². The highest BCUT2D eigenvalue weighted by atomic mass is 32.2. The van der Waals surface area contributed by atoms with Crippen molar-refractivity contribution in [2.24, 2.45) is 5.92 Å². The van der Waals surface area contributed by atoms with E-state index in [0.717, 1.165) is 5.56 Å². The van der Waals surface area contributed by atoms with Crippen molar-refractivity contribution in [1.82, 2.24) is 10.0 Å². The van der Waals surface area contributed by atoms with E-state index in [4.69, 9.17) is 5.11 Å². The summed E-state index contributed by atoms with van der Waals surface area (Å²) in [6.45, 7) is 7.31. The second-order valence-electron chi connectivity index (χ2n) is 5.59. The van der Waals surface area contributed by atoms with Crippen molar-refractivity contribution in [3.05, 3.63) is 36.4 Å². The number of hydrogen-bond acceptors (Lipinski definition) is 4. The quantitative estimate of drug-likeness (QED) is 0.628. The number of amides is 1. The average Bonchev–Trinajstić information content (AvgIpc) is 2.51. The fourth-order valence-corrected chi connectivity index (χ4v) is 3.23. The number of aliphatic hydroxyl groups excluding tert-OH is 1. The maximum Gasteiger partial charge on any atom is 0.241 e. The molecule has 0 saturated carbocycles. The normalized spacial score (nSPS) is 12.9. The largest absolute Gasteiger partial charge is 0.395 e. The van der Waals surface area contributed by atoms with Gasteiger partial charge in [0.15, 0.2) is 0 Å². The molecule has 0 fully saturated rings. The van der Waals surface area contributed by atoms with E-state index in [0.29, 0.717) is 6.42 Å². The molecule has 1 atom stereocenters. The van der Waals surface area contributed by atoms with Crippen LogP contribution in [0.1, 0.15) is 25.8 Å². The first kappa shape index (κ1) is 19.3. The van der Waals surface area contributed by atoms with Gasteiger partial charge in [0.05, 0.1) is 11.5 Å². The molecule has 7 heteroatoms. The molecule has 128 valence electrons. The summed E-state index contributed by atoms with van der Waals surface area (Å²) in [4.78, 5) is 12.2. The van der Waals surface area contributed by atoms with E-state index in [1.54, 1.807) is 18.2 Å². The molecule has 6 nitrogen and oxygen atoms in total. The lowest BCUT2D eigenvalue weighted by Crippen LogP contribution is -2.47. The van der Waals surface area contributed by atoms with Crippen molar-refractivity contribution in [2.45, 2.75) is 31.2 Å². The van der Waals surface area contributed by atoms with E-state index in [2.05, 4.69) is 16.6 Å². The summed E-state index contributed by atoms with van der Waals surface area (Å²) in [7, 11) is -3.81. The highest BCUT2D eigenvalue weighted by Gasteiger charge is 2.26. The summed E-state index contributed by atoms with van der Waals surface area (Å²) < 4.78 is 27.3. The topological polar surface area (TPSA) is 95.5 Å². The lowest BCUT2D eigenvalue weighted by Gasteiger charge is -2.20. The first-order valence-corrected chi connectivity index (χ1v) is 8.92. The average molecular weight is 340 g/mol. The summed E-state index contributed by atoms with van der Waals surface area (Å²) in [6, 6.07) is 5.34. The summed E-state index contributed by atoms with van der Waals surface area (Å²) in [5, 5.41) is 11.3. The highest BCUT2D eigenvalue weighted by Crippen LogP contribution is 2.14. The fraction of sp³-hybridized carbons (Fsp3) is 0.438. The fourth-order valence-electron chi connectivity index (χ4n) is 2.02. The number of rotatable bonds is 9. The molecule has 1 amide bonds. The molecule has 0 aliphatic heterocycles. The molecule has 0 aliphatic carbocycles. The van der Waals surface area contributed by atoms with Gasteiger partial charge in [-0.2, -0.15) is 4.72 Å². The number of carbonyl (C=O) groups is 1. The smallest absolute Gasteiger partial charge is 0.241 e. The zero-order valence-corrected chi connectivity index (χ0v) is 14.3. The van der Waals surface area contributed by atoms with Crippen LogP contribution >= 0.6 is 0 Å². The van der Waals surface area contributed by atoms with Gasteiger partial charge in [0, 0.05) is 6.54 Å². The van der Waals surface area contributed by atoms with Crippen molar-refractivity contribution >= 4 is 22.0 Å². The van der Waals surface area contributed by atoms with Crippen molar-refractivity contribution in [2.75, 3.05) is 13.2 Å². The van der Waals surface area contributed by atoms with Gasteiger partial charge < -0.3 is 10.4 Å². The number of aliphatic hydroxyl groups is 1. The van der Waals surface area contributed by atoms with Gasteiger partial charge in [0.1, 0.15) is 6.04 Å². The second kappa shape index (κ2) is 8.81. The van der Waals surface area contributed by atoms with Crippen LogP contribution in [0, 0.1) is 5.92 Å². The summed E-state index contributed by atoms with van der Waals surface area (Å²) in [5.41, 5.74) is 0.809. The molecule has 0 unspecified atom stereocenters. The van der Waals surface area contributed by atoms with Crippen molar-refractivity contribution < 1.29 is 18.3 Å². The first-order valence-electron chi connectivity index (χ1n) is 7.43. The lowest BCUT2D eigenvalue weighted by atomic mass is 10.0. The van der Waals surface area contributed by atoms with Crippen molar-refractivity contribution in [3.63, 3.8) is 0 Å². The highest BCUT2D eigenvalue weighted by molar-refractivity contribution is 7.89. The third kappa shape index (κ3) is 6.13. The van der Waals surface area contributed by atoms with Gasteiger partial charge in [-0.25, -0.2) is 8.42 Å². The van der Waals surface area contributed by atoms with Gasteiger partial charge in [-0.1, -0.05) is 38.6 Å². The Morgan fingerprint density at radius 2 is 1.91 bits per heavy atom. The predicted molar refractivity (Wildman–Crippen MR) is 90.2 cm³/mol. The SMILES string of the molecule is C=Cc1ccc(S(=O)(=O)N[C@@H](CC(C)C)C(=O)NCCO)cc1. The number of nitrogens with one attached hydrogen (secondary N) is 2.